The molecule has 5 nitrogen and oxygen atoms in total. The minimum Gasteiger partial charge on any atom is -0.483 e. The van der Waals surface area contributed by atoms with Crippen LogP contribution in [0.5, 0.6) is 5.75 Å². The van der Waals surface area contributed by atoms with E-state index in [4.69, 9.17) is 4.74 Å². The second-order valence-electron chi connectivity index (χ2n) is 8.10. The average Bonchev–Trinajstić information content (AvgIpc) is 2.73. The van der Waals surface area contributed by atoms with E-state index in [1.165, 1.54) is 11.0 Å². The van der Waals surface area contributed by atoms with Crippen molar-refractivity contribution in [2.45, 2.75) is 66.6 Å². The zero-order valence-corrected chi connectivity index (χ0v) is 19.3. The lowest BCUT2D eigenvalue weighted by atomic mass is 10.1. The Morgan fingerprint density at radius 2 is 1.81 bits per heavy atom. The molecule has 0 spiro atoms. The highest BCUT2D eigenvalue weighted by atomic mass is 19.1. The molecule has 0 saturated carbocycles. The van der Waals surface area contributed by atoms with Gasteiger partial charge in [0.05, 0.1) is 0 Å². The molecule has 0 aliphatic heterocycles. The van der Waals surface area contributed by atoms with Crippen LogP contribution in [0.25, 0.3) is 0 Å². The lowest BCUT2D eigenvalue weighted by Crippen LogP contribution is -2.50. The van der Waals surface area contributed by atoms with E-state index < -0.39 is 11.9 Å². The largest absolute Gasteiger partial charge is 0.483 e. The van der Waals surface area contributed by atoms with E-state index in [0.717, 1.165) is 23.1 Å². The molecule has 2 aromatic rings. The summed E-state index contributed by atoms with van der Waals surface area (Å²) in [5.41, 5.74) is 3.42. The van der Waals surface area contributed by atoms with E-state index >= 15 is 0 Å². The van der Waals surface area contributed by atoms with Gasteiger partial charge in [-0.15, -0.1) is 0 Å². The van der Waals surface area contributed by atoms with Gasteiger partial charge in [-0.3, -0.25) is 9.59 Å². The lowest BCUT2D eigenvalue weighted by Gasteiger charge is -2.30. The predicted octanol–water partition coefficient (Wildman–Crippen LogP) is 4.46. The average molecular weight is 429 g/mol. The predicted molar refractivity (Wildman–Crippen MR) is 120 cm³/mol. The number of hydrogen-bond donors (Lipinski definition) is 1. The first-order chi connectivity index (χ1) is 14.6. The Labute approximate surface area is 184 Å². The zero-order valence-electron chi connectivity index (χ0n) is 19.3. The number of aryl methyl sites for hydroxylation is 2. The molecule has 0 heterocycles. The van der Waals surface area contributed by atoms with Crippen LogP contribution in [0.1, 0.15) is 49.4 Å². The first-order valence-electron chi connectivity index (χ1n) is 10.7. The second kappa shape index (κ2) is 10.9. The number of benzene rings is 2. The van der Waals surface area contributed by atoms with Crippen molar-refractivity contribution in [1.82, 2.24) is 10.2 Å². The quantitative estimate of drug-likeness (QED) is 0.641. The van der Waals surface area contributed by atoms with Crippen LogP contribution >= 0.6 is 0 Å². The normalized spacial score (nSPS) is 12.7. The third-order valence-corrected chi connectivity index (χ3v) is 5.58. The fraction of sp³-hybridized carbons (Fsp3) is 0.440. The van der Waals surface area contributed by atoms with Crippen molar-refractivity contribution in [3.05, 3.63) is 64.5 Å². The van der Waals surface area contributed by atoms with Crippen LogP contribution in [0.2, 0.25) is 0 Å². The number of rotatable bonds is 9. The molecule has 0 aliphatic rings. The smallest absolute Gasteiger partial charge is 0.261 e. The monoisotopic (exact) mass is 428 g/mol. The summed E-state index contributed by atoms with van der Waals surface area (Å²) >= 11 is 0. The number of nitrogens with zero attached hydrogens (tertiary/aromatic N) is 1. The van der Waals surface area contributed by atoms with E-state index in [0.29, 0.717) is 11.3 Å². The highest BCUT2D eigenvalue weighted by Crippen LogP contribution is 2.23. The number of carbonyl (C=O) groups is 2. The van der Waals surface area contributed by atoms with Crippen LogP contribution in [-0.4, -0.2) is 35.4 Å². The maximum absolute atomic E-state index is 14.3. The molecule has 2 rings (SSSR count). The molecule has 2 amide bonds. The van der Waals surface area contributed by atoms with E-state index in [2.05, 4.69) is 11.4 Å². The fourth-order valence-electron chi connectivity index (χ4n) is 3.23. The maximum Gasteiger partial charge on any atom is 0.261 e. The van der Waals surface area contributed by atoms with Gasteiger partial charge in [0.25, 0.3) is 5.91 Å². The van der Waals surface area contributed by atoms with Crippen molar-refractivity contribution in [2.75, 3.05) is 6.61 Å². The topological polar surface area (TPSA) is 58.6 Å². The minimum absolute atomic E-state index is 0.0181. The van der Waals surface area contributed by atoms with Crippen LogP contribution in [0.4, 0.5) is 4.39 Å². The SMILES string of the molecule is CC[C@@H](C)NC(=O)[C@@H](C)N(Cc1ccccc1F)C(=O)COc1cc(C)cc(C)c1C. The number of ether oxygens (including phenoxy) is 1. The second-order valence-corrected chi connectivity index (χ2v) is 8.10. The van der Waals surface area contributed by atoms with E-state index in [-0.39, 0.29) is 31.0 Å². The standard InChI is InChI=1S/C25H33FN2O3/c1-7-18(4)27-25(30)20(6)28(14-21-10-8-9-11-22(21)26)24(29)15-31-23-13-16(2)12-17(3)19(23)5/h8-13,18,20H,7,14-15H2,1-6H3,(H,27,30)/t18-,20-/m1/s1. The summed E-state index contributed by atoms with van der Waals surface area (Å²) in [5.74, 6) is -0.440. The Morgan fingerprint density at radius 3 is 2.45 bits per heavy atom. The van der Waals surface area contributed by atoms with Gasteiger partial charge in [-0.25, -0.2) is 4.39 Å². The van der Waals surface area contributed by atoms with Gasteiger partial charge in [0.1, 0.15) is 17.6 Å². The van der Waals surface area contributed by atoms with Gasteiger partial charge in [-0.1, -0.05) is 31.2 Å². The van der Waals surface area contributed by atoms with Crippen LogP contribution in [0, 0.1) is 26.6 Å². The van der Waals surface area contributed by atoms with Gasteiger partial charge in [0, 0.05) is 18.2 Å². The maximum atomic E-state index is 14.3. The van der Waals surface area contributed by atoms with Gasteiger partial charge in [0.15, 0.2) is 6.61 Å². The molecule has 2 aromatic carbocycles. The summed E-state index contributed by atoms with van der Waals surface area (Å²) in [6.45, 7) is 11.2. The molecule has 2 atom stereocenters. The first kappa shape index (κ1) is 24.4. The molecule has 0 aliphatic carbocycles. The molecule has 0 aromatic heterocycles. The van der Waals surface area contributed by atoms with Crippen molar-refractivity contribution in [3.8, 4) is 5.75 Å². The summed E-state index contributed by atoms with van der Waals surface area (Å²) < 4.78 is 20.1. The molecular formula is C25H33FN2O3. The summed E-state index contributed by atoms with van der Waals surface area (Å²) in [7, 11) is 0. The Balaban J connectivity index is 2.23. The molecule has 0 saturated heterocycles. The van der Waals surface area contributed by atoms with Crippen molar-refractivity contribution in [2.24, 2.45) is 0 Å². The van der Waals surface area contributed by atoms with Gasteiger partial charge in [0.2, 0.25) is 5.91 Å². The Morgan fingerprint density at radius 1 is 1.13 bits per heavy atom. The van der Waals surface area contributed by atoms with Crippen LogP contribution in [0.3, 0.4) is 0 Å². The Bertz CT molecular complexity index is 929. The van der Waals surface area contributed by atoms with E-state index in [9.17, 15) is 14.0 Å². The molecule has 31 heavy (non-hydrogen) atoms. The van der Waals surface area contributed by atoms with Crippen molar-refractivity contribution in [3.63, 3.8) is 0 Å². The highest BCUT2D eigenvalue weighted by Gasteiger charge is 2.28. The third-order valence-electron chi connectivity index (χ3n) is 5.58. The summed E-state index contributed by atoms with van der Waals surface area (Å²) in [6.07, 6.45) is 0.773. The van der Waals surface area contributed by atoms with Crippen molar-refractivity contribution < 1.29 is 18.7 Å². The number of halogens is 1. The first-order valence-corrected chi connectivity index (χ1v) is 10.7. The number of hydrogen-bond acceptors (Lipinski definition) is 3. The molecule has 0 unspecified atom stereocenters. The lowest BCUT2D eigenvalue weighted by molar-refractivity contribution is -0.142. The Kier molecular flexibility index (Phi) is 8.60. The van der Waals surface area contributed by atoms with Crippen LogP contribution < -0.4 is 10.1 Å². The molecule has 6 heteroatoms. The van der Waals surface area contributed by atoms with Crippen molar-refractivity contribution in [1.29, 1.82) is 0 Å². The van der Waals surface area contributed by atoms with Gasteiger partial charge >= 0.3 is 0 Å². The summed E-state index contributed by atoms with van der Waals surface area (Å²) in [5, 5.41) is 2.90. The third kappa shape index (κ3) is 6.54. The molecule has 168 valence electrons. The zero-order chi connectivity index (χ0) is 23.1. The van der Waals surface area contributed by atoms with Crippen LogP contribution in [-0.2, 0) is 16.1 Å². The molecule has 0 bridgehead atoms. The highest BCUT2D eigenvalue weighted by molar-refractivity contribution is 5.88. The summed E-state index contributed by atoms with van der Waals surface area (Å²) in [4.78, 5) is 27.2. The van der Waals surface area contributed by atoms with Gasteiger partial charge in [-0.05, 0) is 69.9 Å². The van der Waals surface area contributed by atoms with Gasteiger partial charge < -0.3 is 15.0 Å². The molecular weight excluding hydrogens is 395 g/mol. The number of amides is 2. The minimum atomic E-state index is -0.773. The van der Waals surface area contributed by atoms with E-state index in [1.807, 2.05) is 40.7 Å². The Hall–Kier alpha value is -2.89. The molecule has 0 radical (unpaired) electrons. The van der Waals surface area contributed by atoms with Crippen molar-refractivity contribution >= 4 is 11.8 Å². The molecule has 0 fully saturated rings. The molecule has 1 N–H and O–H groups in total. The van der Waals surface area contributed by atoms with E-state index in [1.54, 1.807) is 25.1 Å². The van der Waals surface area contributed by atoms with Gasteiger partial charge in [-0.2, -0.15) is 0 Å². The number of nitrogens with one attached hydrogen (secondary N) is 1. The number of carbonyl (C=O) groups excluding carboxylic acids is 2. The summed E-state index contributed by atoms with van der Waals surface area (Å²) in [6, 6.07) is 9.41. The fourth-order valence-corrected chi connectivity index (χ4v) is 3.23. The van der Waals surface area contributed by atoms with Crippen LogP contribution in [0.15, 0.2) is 36.4 Å².